The first kappa shape index (κ1) is 36.5. The smallest absolute Gasteiger partial charge is 0.143 e. The number of rotatable bonds is 8. The zero-order chi connectivity index (χ0) is 41.7. The fraction of sp³-hybridized carbons (Fsp3) is 0. The standard InChI is InChI=1S/C60H40N2O/c1-5-18-41(19-6-1)48-35-32-46(39-55(48)42-20-7-2-8-21-42)62-57-30-15-13-26-50(57)51-37-34-47(40-58(51)62)61(44-24-11-4-12-25-44)45-33-36-49(56(38-45)43-22-9-3-10-23-43)53-28-17-29-54-52-27-14-16-31-59(52)63-60(53)54/h1-40H. The number of para-hydroxylation sites is 4. The normalized spacial score (nSPS) is 11.5. The highest BCUT2D eigenvalue weighted by molar-refractivity contribution is 6.12. The summed E-state index contributed by atoms with van der Waals surface area (Å²) in [6, 6.07) is 87.1. The number of hydrogen-bond acceptors (Lipinski definition) is 2. The van der Waals surface area contributed by atoms with Crippen molar-refractivity contribution in [2.45, 2.75) is 0 Å². The molecule has 0 radical (unpaired) electrons. The van der Waals surface area contributed by atoms with Gasteiger partial charge in [-0.3, -0.25) is 0 Å². The molecule has 0 saturated heterocycles. The third-order valence-corrected chi connectivity index (χ3v) is 12.4. The summed E-state index contributed by atoms with van der Waals surface area (Å²) in [5.74, 6) is 0. The highest BCUT2D eigenvalue weighted by Gasteiger charge is 2.22. The summed E-state index contributed by atoms with van der Waals surface area (Å²) in [4.78, 5) is 2.38. The van der Waals surface area contributed by atoms with E-state index >= 15 is 0 Å². The molecular formula is C60H40N2O. The van der Waals surface area contributed by atoms with Crippen molar-refractivity contribution in [3.63, 3.8) is 0 Å². The molecule has 0 aliphatic heterocycles. The van der Waals surface area contributed by atoms with Crippen LogP contribution in [0.5, 0.6) is 0 Å². The lowest BCUT2D eigenvalue weighted by Gasteiger charge is -2.27. The fourth-order valence-corrected chi connectivity index (χ4v) is 9.52. The van der Waals surface area contributed by atoms with Crippen LogP contribution in [-0.4, -0.2) is 4.57 Å². The first-order chi connectivity index (χ1) is 31.3. The van der Waals surface area contributed by atoms with Crippen LogP contribution < -0.4 is 4.90 Å². The Labute approximate surface area is 366 Å². The lowest BCUT2D eigenvalue weighted by atomic mass is 9.92. The van der Waals surface area contributed by atoms with Crippen LogP contribution in [-0.2, 0) is 0 Å². The van der Waals surface area contributed by atoms with Crippen LogP contribution in [0.15, 0.2) is 247 Å². The molecule has 0 unspecified atom stereocenters. The van der Waals surface area contributed by atoms with Crippen molar-refractivity contribution in [2.75, 3.05) is 4.90 Å². The van der Waals surface area contributed by atoms with E-state index in [4.69, 9.17) is 4.42 Å². The van der Waals surface area contributed by atoms with E-state index in [0.717, 1.165) is 78.0 Å². The van der Waals surface area contributed by atoms with Gasteiger partial charge >= 0.3 is 0 Å². The van der Waals surface area contributed by atoms with Crippen molar-refractivity contribution in [1.82, 2.24) is 4.57 Å². The van der Waals surface area contributed by atoms with E-state index in [-0.39, 0.29) is 0 Å². The Morgan fingerprint density at radius 2 is 0.841 bits per heavy atom. The molecule has 0 amide bonds. The molecule has 12 aromatic rings. The van der Waals surface area contributed by atoms with E-state index in [1.165, 1.54) is 33.0 Å². The van der Waals surface area contributed by atoms with Gasteiger partial charge in [0.15, 0.2) is 0 Å². The molecule has 0 N–H and O–H groups in total. The predicted molar refractivity (Wildman–Crippen MR) is 264 cm³/mol. The molecule has 2 aromatic heterocycles. The van der Waals surface area contributed by atoms with E-state index in [9.17, 15) is 0 Å². The van der Waals surface area contributed by atoms with Crippen LogP contribution in [0.1, 0.15) is 0 Å². The average Bonchev–Trinajstić information content (AvgIpc) is 3.91. The van der Waals surface area contributed by atoms with Crippen LogP contribution in [0.25, 0.3) is 93.9 Å². The van der Waals surface area contributed by atoms with Crippen molar-refractivity contribution >= 4 is 60.8 Å². The van der Waals surface area contributed by atoms with Crippen molar-refractivity contribution in [2.24, 2.45) is 0 Å². The third-order valence-electron chi connectivity index (χ3n) is 12.4. The summed E-state index contributed by atoms with van der Waals surface area (Å²) in [6.07, 6.45) is 0. The van der Waals surface area contributed by atoms with E-state index in [1.807, 2.05) is 6.07 Å². The van der Waals surface area contributed by atoms with Gasteiger partial charge in [-0.25, -0.2) is 0 Å². The summed E-state index contributed by atoms with van der Waals surface area (Å²) in [5, 5.41) is 4.66. The summed E-state index contributed by atoms with van der Waals surface area (Å²) < 4.78 is 9.04. The van der Waals surface area contributed by atoms with Gasteiger partial charge in [-0.05, 0) is 99.6 Å². The second-order valence-corrected chi connectivity index (χ2v) is 16.1. The maximum atomic E-state index is 6.61. The molecule has 0 saturated carbocycles. The Morgan fingerprint density at radius 1 is 0.302 bits per heavy atom. The van der Waals surface area contributed by atoms with Crippen molar-refractivity contribution in [3.05, 3.63) is 243 Å². The van der Waals surface area contributed by atoms with Gasteiger partial charge in [0.25, 0.3) is 0 Å². The van der Waals surface area contributed by atoms with Crippen LogP contribution >= 0.6 is 0 Å². The predicted octanol–water partition coefficient (Wildman–Crippen LogP) is 16.8. The van der Waals surface area contributed by atoms with E-state index < -0.39 is 0 Å². The molecule has 0 aliphatic rings. The molecule has 296 valence electrons. The highest BCUT2D eigenvalue weighted by atomic mass is 16.3. The molecule has 0 fully saturated rings. The molecule has 3 heteroatoms. The minimum absolute atomic E-state index is 0.893. The Balaban J connectivity index is 1.07. The maximum Gasteiger partial charge on any atom is 0.143 e. The van der Waals surface area contributed by atoms with Crippen LogP contribution in [0.4, 0.5) is 17.1 Å². The summed E-state index contributed by atoms with van der Waals surface area (Å²) >= 11 is 0. The second kappa shape index (κ2) is 15.3. The second-order valence-electron chi connectivity index (χ2n) is 16.1. The number of benzene rings is 10. The van der Waals surface area contributed by atoms with E-state index in [0.29, 0.717) is 0 Å². The first-order valence-electron chi connectivity index (χ1n) is 21.5. The minimum atomic E-state index is 0.893. The van der Waals surface area contributed by atoms with Gasteiger partial charge in [0.05, 0.1) is 11.0 Å². The van der Waals surface area contributed by atoms with Gasteiger partial charge in [0.1, 0.15) is 11.2 Å². The average molecular weight is 805 g/mol. The molecule has 0 bridgehead atoms. The lowest BCUT2D eigenvalue weighted by molar-refractivity contribution is 0.670. The summed E-state index contributed by atoms with van der Waals surface area (Å²) in [7, 11) is 0. The number of aromatic nitrogens is 1. The molecule has 0 atom stereocenters. The Kier molecular flexibility index (Phi) is 8.83. The van der Waals surface area contributed by atoms with Crippen molar-refractivity contribution < 1.29 is 4.42 Å². The first-order valence-corrected chi connectivity index (χ1v) is 21.5. The molecule has 0 spiro atoms. The van der Waals surface area contributed by atoms with Gasteiger partial charge < -0.3 is 13.9 Å². The lowest BCUT2D eigenvalue weighted by Crippen LogP contribution is -2.10. The van der Waals surface area contributed by atoms with Gasteiger partial charge in [-0.2, -0.15) is 0 Å². The molecule has 12 rings (SSSR count). The number of fused-ring (bicyclic) bond motifs is 6. The van der Waals surface area contributed by atoms with Crippen molar-refractivity contribution in [1.29, 1.82) is 0 Å². The van der Waals surface area contributed by atoms with Crippen LogP contribution in [0.3, 0.4) is 0 Å². The Hall–Kier alpha value is -8.40. The Bertz CT molecular complexity index is 3610. The molecule has 10 aromatic carbocycles. The Morgan fingerprint density at radius 3 is 1.57 bits per heavy atom. The van der Waals surface area contributed by atoms with Crippen molar-refractivity contribution in [3.8, 4) is 50.2 Å². The molecule has 0 aliphatic carbocycles. The molecule has 3 nitrogen and oxygen atoms in total. The SMILES string of the molecule is c1ccc(-c2ccc(-n3c4ccccc4c4ccc(N(c5ccccc5)c5ccc(-c6cccc7c6oc6ccccc67)c(-c6ccccc6)c5)cc43)cc2-c2ccccc2)cc1. The number of anilines is 3. The van der Waals surface area contributed by atoms with E-state index in [1.54, 1.807) is 0 Å². The third kappa shape index (κ3) is 6.29. The van der Waals surface area contributed by atoms with E-state index in [2.05, 4.69) is 246 Å². The number of hydrogen-bond donors (Lipinski definition) is 0. The number of furan rings is 1. The van der Waals surface area contributed by atoms with Gasteiger partial charge in [-0.15, -0.1) is 0 Å². The molecular weight excluding hydrogens is 765 g/mol. The molecule has 2 heterocycles. The maximum absolute atomic E-state index is 6.61. The fourth-order valence-electron chi connectivity index (χ4n) is 9.52. The highest BCUT2D eigenvalue weighted by Crippen LogP contribution is 2.45. The minimum Gasteiger partial charge on any atom is -0.455 e. The van der Waals surface area contributed by atoms with Crippen LogP contribution in [0.2, 0.25) is 0 Å². The van der Waals surface area contributed by atoms with Gasteiger partial charge in [0, 0.05) is 49.9 Å². The largest absolute Gasteiger partial charge is 0.455 e. The zero-order valence-corrected chi connectivity index (χ0v) is 34.4. The number of nitrogens with zero attached hydrogens (tertiary/aromatic N) is 2. The van der Waals surface area contributed by atoms with Gasteiger partial charge in [-0.1, -0.05) is 182 Å². The summed E-state index contributed by atoms with van der Waals surface area (Å²) in [6.45, 7) is 0. The van der Waals surface area contributed by atoms with Crippen LogP contribution in [0, 0.1) is 0 Å². The molecule has 63 heavy (non-hydrogen) atoms. The monoisotopic (exact) mass is 804 g/mol. The van der Waals surface area contributed by atoms with Gasteiger partial charge in [0.2, 0.25) is 0 Å². The zero-order valence-electron chi connectivity index (χ0n) is 34.4. The topological polar surface area (TPSA) is 21.3 Å². The quantitative estimate of drug-likeness (QED) is 0.153. The summed E-state index contributed by atoms with van der Waals surface area (Å²) in [5.41, 5.74) is 17.6.